The summed E-state index contributed by atoms with van der Waals surface area (Å²) in [6, 6.07) is 0. The minimum atomic E-state index is -0.412. The number of rotatable bonds is 1. The quantitative estimate of drug-likeness (QED) is 0.572. The van der Waals surface area contributed by atoms with Crippen molar-refractivity contribution < 1.29 is 9.94 Å². The Hall–Kier alpha value is 0.160. The fourth-order valence-electron chi connectivity index (χ4n) is 2.40. The van der Waals surface area contributed by atoms with Gasteiger partial charge in [-0.1, -0.05) is 12.6 Å². The maximum absolute atomic E-state index is 12.0. The van der Waals surface area contributed by atoms with E-state index in [1.807, 2.05) is 27.7 Å². The zero-order chi connectivity index (χ0) is 11.9. The highest BCUT2D eigenvalue weighted by Crippen LogP contribution is 2.38. The van der Waals surface area contributed by atoms with Gasteiger partial charge in [-0.05, 0) is 39.9 Å². The van der Waals surface area contributed by atoms with Crippen LogP contribution in [0.2, 0.25) is 0 Å². The molecule has 1 rings (SSSR count). The number of ether oxygens (including phenoxy) is 1. The normalized spacial score (nSPS) is 26.3. The second-order valence-electron chi connectivity index (χ2n) is 5.33. The lowest BCUT2D eigenvalue weighted by molar-refractivity contribution is -0.297. The molecule has 15 heavy (non-hydrogen) atoms. The molecule has 0 bridgehead atoms. The Balaban J connectivity index is 2.79. The summed E-state index contributed by atoms with van der Waals surface area (Å²) in [7, 11) is 0. The Morgan fingerprint density at radius 3 is 2.07 bits per heavy atom. The van der Waals surface area contributed by atoms with Crippen LogP contribution in [-0.4, -0.2) is 26.6 Å². The fraction of sp³-hybridized carbons (Fsp3) is 0.900. The lowest BCUT2D eigenvalue weighted by Gasteiger charge is -2.49. The molecule has 0 saturated carbocycles. The van der Waals surface area contributed by atoms with E-state index in [0.29, 0.717) is 12.8 Å². The van der Waals surface area contributed by atoms with Crippen LogP contribution in [-0.2, 0) is 9.94 Å². The molecule has 0 aromatic carbocycles. The summed E-state index contributed by atoms with van der Waals surface area (Å²) >= 11 is 8.77. The Labute approximate surface area is 102 Å². The molecule has 0 aliphatic carbocycles. The van der Waals surface area contributed by atoms with Crippen molar-refractivity contribution in [3.8, 4) is 0 Å². The van der Waals surface area contributed by atoms with Crippen LogP contribution in [0.15, 0.2) is 0 Å². The summed E-state index contributed by atoms with van der Waals surface area (Å²) in [5.41, 5.74) is -0.823. The molecule has 3 nitrogen and oxygen atoms in total. The molecule has 0 aromatic heterocycles. The summed E-state index contributed by atoms with van der Waals surface area (Å²) in [6.07, 6.45) is 1.35. The van der Waals surface area contributed by atoms with Crippen LogP contribution >= 0.6 is 24.8 Å². The Morgan fingerprint density at radius 1 is 1.33 bits per heavy atom. The number of hydrogen-bond donors (Lipinski definition) is 1. The van der Waals surface area contributed by atoms with Gasteiger partial charge in [-0.2, -0.15) is 0 Å². The Kier molecular flexibility index (Phi) is 3.70. The van der Waals surface area contributed by atoms with Crippen molar-refractivity contribution in [3.05, 3.63) is 0 Å². The van der Waals surface area contributed by atoms with E-state index in [2.05, 4.69) is 12.6 Å². The van der Waals surface area contributed by atoms with Gasteiger partial charge in [0.25, 0.3) is 0 Å². The van der Waals surface area contributed by atoms with Crippen molar-refractivity contribution in [2.24, 2.45) is 0 Å². The van der Waals surface area contributed by atoms with Crippen LogP contribution in [0.25, 0.3) is 0 Å². The van der Waals surface area contributed by atoms with E-state index < -0.39 is 11.1 Å². The van der Waals surface area contributed by atoms with Crippen LogP contribution < -0.4 is 0 Å². The molecule has 1 aliphatic heterocycles. The number of piperidine rings is 1. The number of thiocarbonyl (C=S) groups is 1. The van der Waals surface area contributed by atoms with Crippen LogP contribution in [0.4, 0.5) is 0 Å². The average molecular weight is 248 g/mol. The van der Waals surface area contributed by atoms with Gasteiger partial charge in [0.1, 0.15) is 6.10 Å². The standard InChI is InChI=1S/C10H18NO2S2/c1-9(2)5-7(13-8(14)15)6-10(3,4)11(9)12/h7H,5-6H2,1-4H3,(H,14,15). The molecule has 0 unspecified atom stereocenters. The molecular formula is C10H18NO2S2. The van der Waals surface area contributed by atoms with Crippen LogP contribution in [0, 0.1) is 0 Å². The summed E-state index contributed by atoms with van der Waals surface area (Å²) in [5.74, 6) is 0. The monoisotopic (exact) mass is 248 g/mol. The second kappa shape index (κ2) is 4.20. The van der Waals surface area contributed by atoms with E-state index >= 15 is 0 Å². The minimum Gasteiger partial charge on any atom is -0.475 e. The third-order valence-electron chi connectivity index (χ3n) is 2.82. The first kappa shape index (κ1) is 13.2. The zero-order valence-corrected chi connectivity index (χ0v) is 11.3. The number of nitrogens with zero attached hydrogens (tertiary/aromatic N) is 1. The average Bonchev–Trinajstić information content (AvgIpc) is 1.97. The van der Waals surface area contributed by atoms with Crippen molar-refractivity contribution in [2.75, 3.05) is 0 Å². The lowest BCUT2D eigenvalue weighted by Crippen LogP contribution is -2.59. The summed E-state index contributed by atoms with van der Waals surface area (Å²) in [5, 5.41) is 13.2. The molecular weight excluding hydrogens is 230 g/mol. The predicted octanol–water partition coefficient (Wildman–Crippen LogP) is 2.58. The minimum absolute atomic E-state index is 0.00907. The largest absolute Gasteiger partial charge is 0.475 e. The molecule has 1 saturated heterocycles. The third-order valence-corrected chi connectivity index (χ3v) is 3.02. The predicted molar refractivity (Wildman–Crippen MR) is 66.4 cm³/mol. The van der Waals surface area contributed by atoms with Gasteiger partial charge < -0.3 is 4.74 Å². The van der Waals surface area contributed by atoms with E-state index in [1.54, 1.807) is 0 Å². The molecule has 1 heterocycles. The molecule has 0 spiro atoms. The van der Waals surface area contributed by atoms with Gasteiger partial charge in [0.05, 0.1) is 0 Å². The third kappa shape index (κ3) is 3.06. The highest BCUT2D eigenvalue weighted by atomic mass is 32.1. The van der Waals surface area contributed by atoms with Crippen molar-refractivity contribution in [2.45, 2.75) is 57.7 Å². The van der Waals surface area contributed by atoms with Crippen LogP contribution in [0.3, 0.4) is 0 Å². The van der Waals surface area contributed by atoms with E-state index in [9.17, 15) is 5.21 Å². The number of hydrogen-bond acceptors (Lipinski definition) is 3. The molecule has 1 radical (unpaired) electrons. The van der Waals surface area contributed by atoms with Crippen molar-refractivity contribution in [3.63, 3.8) is 0 Å². The van der Waals surface area contributed by atoms with E-state index in [-0.39, 0.29) is 10.5 Å². The summed E-state index contributed by atoms with van der Waals surface area (Å²) in [6.45, 7) is 7.72. The van der Waals surface area contributed by atoms with Gasteiger partial charge in [-0.25, -0.2) is 0 Å². The maximum atomic E-state index is 12.0. The molecule has 0 N–H and O–H groups in total. The highest BCUT2D eigenvalue weighted by molar-refractivity contribution is 8.10. The molecule has 0 aromatic rings. The second-order valence-corrected chi connectivity index (χ2v) is 6.41. The summed E-state index contributed by atoms with van der Waals surface area (Å²) in [4.78, 5) is 0. The van der Waals surface area contributed by atoms with Gasteiger partial charge in [-0.15, -0.1) is 10.3 Å². The van der Waals surface area contributed by atoms with Crippen LogP contribution in [0.5, 0.6) is 0 Å². The van der Waals surface area contributed by atoms with E-state index in [0.717, 1.165) is 0 Å². The highest BCUT2D eigenvalue weighted by Gasteiger charge is 2.47. The Bertz CT molecular complexity index is 248. The molecule has 87 valence electrons. The molecule has 5 heteroatoms. The number of hydroxylamine groups is 2. The molecule has 1 aliphatic rings. The molecule has 0 amide bonds. The van der Waals surface area contributed by atoms with Gasteiger partial charge in [0, 0.05) is 23.9 Å². The first-order valence-electron chi connectivity index (χ1n) is 5.02. The summed E-state index contributed by atoms with van der Waals surface area (Å²) < 4.78 is 5.70. The first-order valence-corrected chi connectivity index (χ1v) is 5.88. The zero-order valence-electron chi connectivity index (χ0n) is 9.61. The van der Waals surface area contributed by atoms with E-state index in [4.69, 9.17) is 17.0 Å². The van der Waals surface area contributed by atoms with Crippen LogP contribution in [0.1, 0.15) is 40.5 Å². The Morgan fingerprint density at radius 2 is 1.73 bits per heavy atom. The van der Waals surface area contributed by atoms with E-state index in [1.165, 1.54) is 5.06 Å². The van der Waals surface area contributed by atoms with Crippen molar-refractivity contribution in [1.82, 2.24) is 5.06 Å². The fourth-order valence-corrected chi connectivity index (χ4v) is 2.68. The van der Waals surface area contributed by atoms with Gasteiger partial charge in [0.2, 0.25) is 4.38 Å². The van der Waals surface area contributed by atoms with Crippen molar-refractivity contribution in [1.29, 1.82) is 0 Å². The number of thiol groups is 1. The SMILES string of the molecule is CC1(C)CC(OC(=S)S)CC(C)(C)N1[O]. The van der Waals surface area contributed by atoms with Gasteiger partial charge in [0.15, 0.2) is 0 Å². The maximum Gasteiger partial charge on any atom is 0.217 e. The topological polar surface area (TPSA) is 32.4 Å². The lowest BCUT2D eigenvalue weighted by atomic mass is 9.80. The van der Waals surface area contributed by atoms with Gasteiger partial charge in [-0.3, -0.25) is 0 Å². The van der Waals surface area contributed by atoms with Gasteiger partial charge >= 0.3 is 0 Å². The first-order chi connectivity index (χ1) is 6.65. The smallest absolute Gasteiger partial charge is 0.217 e. The molecule has 0 atom stereocenters. The molecule has 1 fully saturated rings. The van der Waals surface area contributed by atoms with Crippen molar-refractivity contribution >= 4 is 29.2 Å².